The first-order chi connectivity index (χ1) is 9.61. The fourth-order valence-electron chi connectivity index (χ4n) is 3.40. The molecule has 1 aromatic heterocycles. The molecule has 0 amide bonds. The highest BCUT2D eigenvalue weighted by molar-refractivity contribution is 5.49. The number of anilines is 1. The third kappa shape index (κ3) is 1.87. The lowest BCUT2D eigenvalue weighted by atomic mass is 10.0. The van der Waals surface area contributed by atoms with Crippen LogP contribution >= 0.6 is 0 Å². The normalized spacial score (nSPS) is 15.9. The topological polar surface area (TPSA) is 52.9 Å². The number of nitrogen functional groups attached to an aromatic ring is 1. The number of aryl methyl sites for hydroxylation is 1. The van der Waals surface area contributed by atoms with Crippen molar-refractivity contribution in [2.45, 2.75) is 38.5 Å². The zero-order chi connectivity index (χ0) is 14.3. The van der Waals surface area contributed by atoms with Gasteiger partial charge in [-0.15, -0.1) is 0 Å². The average Bonchev–Trinajstić information content (AvgIpc) is 3.01. The number of benzene rings is 1. The minimum Gasteiger partial charge on any atom is -0.393 e. The van der Waals surface area contributed by atoms with Crippen molar-refractivity contribution in [2.24, 2.45) is 7.05 Å². The van der Waals surface area contributed by atoms with Gasteiger partial charge in [0.1, 0.15) is 5.69 Å². The molecule has 106 valence electrons. The van der Waals surface area contributed by atoms with E-state index in [4.69, 9.17) is 5.73 Å². The molecule has 0 spiro atoms. The summed E-state index contributed by atoms with van der Waals surface area (Å²) in [5.41, 5.74) is 9.44. The van der Waals surface area contributed by atoms with Crippen LogP contribution in [0, 0.1) is 6.92 Å². The second-order valence-electron chi connectivity index (χ2n) is 5.71. The lowest BCUT2D eigenvalue weighted by Gasteiger charge is -2.15. The molecule has 0 atom stereocenters. The van der Waals surface area contributed by atoms with Gasteiger partial charge in [0.25, 0.3) is 5.56 Å². The van der Waals surface area contributed by atoms with Gasteiger partial charge in [-0.2, -0.15) is 0 Å². The minimum atomic E-state index is -0.0938. The number of hydrogen-bond acceptors (Lipinski definition) is 2. The summed E-state index contributed by atoms with van der Waals surface area (Å²) in [6.07, 6.45) is 4.73. The van der Waals surface area contributed by atoms with Gasteiger partial charge in [-0.05, 0) is 31.4 Å². The van der Waals surface area contributed by atoms with Crippen LogP contribution in [0.3, 0.4) is 0 Å². The minimum absolute atomic E-state index is 0.0938. The van der Waals surface area contributed by atoms with Crippen LogP contribution in [0.15, 0.2) is 29.1 Å². The maximum atomic E-state index is 12.5. The predicted molar refractivity (Wildman–Crippen MR) is 81.4 cm³/mol. The summed E-state index contributed by atoms with van der Waals surface area (Å²) in [6.45, 7) is 2.01. The van der Waals surface area contributed by atoms with Gasteiger partial charge in [0.2, 0.25) is 0 Å². The summed E-state index contributed by atoms with van der Waals surface area (Å²) in [5.74, 6) is 0.429. The predicted octanol–water partition coefficient (Wildman–Crippen LogP) is 2.72. The number of para-hydroxylation sites is 1. The van der Waals surface area contributed by atoms with Gasteiger partial charge in [-0.25, -0.2) is 4.68 Å². The van der Waals surface area contributed by atoms with Crippen molar-refractivity contribution in [1.82, 2.24) is 9.36 Å². The summed E-state index contributed by atoms with van der Waals surface area (Å²) in [7, 11) is 1.94. The first-order valence-electron chi connectivity index (χ1n) is 7.24. The van der Waals surface area contributed by atoms with E-state index in [9.17, 15) is 4.79 Å². The van der Waals surface area contributed by atoms with Crippen LogP contribution < -0.4 is 11.3 Å². The standard InChI is InChI=1S/C16H21N3O/c1-11-7-3-6-10-13(11)19-16(20)14(17)15(18(19)2)12-8-4-5-9-12/h3,6-7,10,12H,4-5,8-9,17H2,1-2H3. The molecule has 4 heteroatoms. The van der Waals surface area contributed by atoms with E-state index in [2.05, 4.69) is 0 Å². The molecule has 3 rings (SSSR count). The molecule has 1 aromatic carbocycles. The highest BCUT2D eigenvalue weighted by Gasteiger charge is 2.26. The van der Waals surface area contributed by atoms with Crippen LogP contribution in [0.1, 0.15) is 42.9 Å². The molecular weight excluding hydrogens is 250 g/mol. The van der Waals surface area contributed by atoms with Crippen LogP contribution in [0.4, 0.5) is 5.69 Å². The van der Waals surface area contributed by atoms with Crippen LogP contribution in [-0.4, -0.2) is 9.36 Å². The van der Waals surface area contributed by atoms with Crippen LogP contribution in [0.2, 0.25) is 0 Å². The molecule has 1 aliphatic carbocycles. The zero-order valence-corrected chi connectivity index (χ0v) is 12.1. The molecule has 0 radical (unpaired) electrons. The lowest BCUT2D eigenvalue weighted by Crippen LogP contribution is -2.21. The van der Waals surface area contributed by atoms with E-state index in [1.807, 2.05) is 42.9 Å². The molecule has 4 nitrogen and oxygen atoms in total. The Kier molecular flexibility index (Phi) is 3.16. The van der Waals surface area contributed by atoms with E-state index < -0.39 is 0 Å². The van der Waals surface area contributed by atoms with Gasteiger partial charge in [-0.1, -0.05) is 31.0 Å². The van der Waals surface area contributed by atoms with Crippen LogP contribution in [0.25, 0.3) is 5.69 Å². The first kappa shape index (κ1) is 13.0. The third-order valence-electron chi connectivity index (χ3n) is 4.43. The molecule has 1 fully saturated rings. The van der Waals surface area contributed by atoms with Gasteiger partial charge >= 0.3 is 0 Å². The fourth-order valence-corrected chi connectivity index (χ4v) is 3.40. The third-order valence-corrected chi connectivity index (χ3v) is 4.43. The smallest absolute Gasteiger partial charge is 0.294 e. The quantitative estimate of drug-likeness (QED) is 0.913. The van der Waals surface area contributed by atoms with E-state index >= 15 is 0 Å². The van der Waals surface area contributed by atoms with Crippen molar-refractivity contribution in [3.8, 4) is 5.69 Å². The Balaban J connectivity index is 2.21. The number of nitrogens with two attached hydrogens (primary N) is 1. The van der Waals surface area contributed by atoms with E-state index in [1.54, 1.807) is 4.68 Å². The second kappa shape index (κ2) is 4.85. The van der Waals surface area contributed by atoms with Gasteiger partial charge in [-0.3, -0.25) is 9.48 Å². The van der Waals surface area contributed by atoms with E-state index in [1.165, 1.54) is 12.8 Å². The SMILES string of the molecule is Cc1ccccc1-n1c(=O)c(N)c(C2CCCC2)n1C. The van der Waals surface area contributed by atoms with E-state index in [-0.39, 0.29) is 5.56 Å². The van der Waals surface area contributed by atoms with Gasteiger partial charge in [0, 0.05) is 13.0 Å². The molecule has 2 aromatic rings. The molecular formula is C16H21N3O. The fraction of sp³-hybridized carbons (Fsp3) is 0.438. The summed E-state index contributed by atoms with van der Waals surface area (Å²) in [6, 6.07) is 7.91. The zero-order valence-electron chi connectivity index (χ0n) is 12.1. The van der Waals surface area contributed by atoms with Crippen molar-refractivity contribution in [1.29, 1.82) is 0 Å². The van der Waals surface area contributed by atoms with Crippen molar-refractivity contribution in [2.75, 3.05) is 5.73 Å². The summed E-state index contributed by atoms with van der Waals surface area (Å²) in [5, 5.41) is 0. The van der Waals surface area contributed by atoms with Gasteiger partial charge < -0.3 is 5.73 Å². The summed E-state index contributed by atoms with van der Waals surface area (Å²) < 4.78 is 3.66. The molecule has 1 aliphatic rings. The van der Waals surface area contributed by atoms with Crippen molar-refractivity contribution < 1.29 is 0 Å². The summed E-state index contributed by atoms with van der Waals surface area (Å²) in [4.78, 5) is 12.5. The van der Waals surface area contributed by atoms with Crippen LogP contribution in [0.5, 0.6) is 0 Å². The Labute approximate surface area is 118 Å². The number of hydrogen-bond donors (Lipinski definition) is 1. The average molecular weight is 271 g/mol. The molecule has 0 aliphatic heterocycles. The Morgan fingerprint density at radius 2 is 1.85 bits per heavy atom. The Bertz CT molecular complexity index is 690. The monoisotopic (exact) mass is 271 g/mol. The first-order valence-corrected chi connectivity index (χ1v) is 7.24. The van der Waals surface area contributed by atoms with E-state index in [0.29, 0.717) is 11.6 Å². The van der Waals surface area contributed by atoms with Crippen molar-refractivity contribution in [3.63, 3.8) is 0 Å². The molecule has 0 bridgehead atoms. The number of aromatic nitrogens is 2. The molecule has 20 heavy (non-hydrogen) atoms. The van der Waals surface area contributed by atoms with Crippen molar-refractivity contribution in [3.05, 3.63) is 45.9 Å². The maximum Gasteiger partial charge on any atom is 0.294 e. The Morgan fingerprint density at radius 1 is 1.20 bits per heavy atom. The Morgan fingerprint density at radius 3 is 2.50 bits per heavy atom. The molecule has 1 saturated carbocycles. The van der Waals surface area contributed by atoms with Crippen LogP contribution in [-0.2, 0) is 7.05 Å². The molecule has 1 heterocycles. The molecule has 0 unspecified atom stereocenters. The largest absolute Gasteiger partial charge is 0.393 e. The number of nitrogens with zero attached hydrogens (tertiary/aromatic N) is 2. The highest BCUT2D eigenvalue weighted by atomic mass is 16.1. The van der Waals surface area contributed by atoms with Gasteiger partial charge in [0.15, 0.2) is 0 Å². The highest BCUT2D eigenvalue weighted by Crippen LogP contribution is 2.36. The van der Waals surface area contributed by atoms with Gasteiger partial charge in [0.05, 0.1) is 11.4 Å². The number of rotatable bonds is 2. The van der Waals surface area contributed by atoms with Crippen molar-refractivity contribution >= 4 is 5.69 Å². The molecule has 2 N–H and O–H groups in total. The second-order valence-corrected chi connectivity index (χ2v) is 5.71. The Hall–Kier alpha value is -1.97. The molecule has 0 saturated heterocycles. The maximum absolute atomic E-state index is 12.5. The van der Waals surface area contributed by atoms with E-state index in [0.717, 1.165) is 29.8 Å². The summed E-state index contributed by atoms with van der Waals surface area (Å²) >= 11 is 0. The lowest BCUT2D eigenvalue weighted by molar-refractivity contribution is 0.567.